The second-order valence-corrected chi connectivity index (χ2v) is 6.22. The van der Waals surface area contributed by atoms with Gasteiger partial charge in [-0.15, -0.1) is 0 Å². The summed E-state index contributed by atoms with van der Waals surface area (Å²) < 4.78 is 7.23. The van der Waals surface area contributed by atoms with Crippen molar-refractivity contribution in [3.05, 3.63) is 62.5 Å². The Kier molecular flexibility index (Phi) is 5.60. The summed E-state index contributed by atoms with van der Waals surface area (Å²) in [6.07, 6.45) is 0.801. The summed E-state index contributed by atoms with van der Waals surface area (Å²) in [6, 6.07) is 14.3. The van der Waals surface area contributed by atoms with Crippen molar-refractivity contribution >= 4 is 31.9 Å². The minimum Gasteiger partial charge on any atom is -0.496 e. The molecule has 20 heavy (non-hydrogen) atoms. The van der Waals surface area contributed by atoms with Crippen LogP contribution in [0.25, 0.3) is 0 Å². The summed E-state index contributed by atoms with van der Waals surface area (Å²) in [4.78, 5) is 0. The molecule has 2 aromatic rings. The van der Waals surface area contributed by atoms with Gasteiger partial charge in [-0.05, 0) is 57.7 Å². The lowest BCUT2D eigenvalue weighted by Gasteiger charge is -2.17. The van der Waals surface area contributed by atoms with E-state index in [0.717, 1.165) is 26.7 Å². The van der Waals surface area contributed by atoms with Crippen LogP contribution in [0.4, 0.5) is 0 Å². The number of hydrogen-bond donors (Lipinski definition) is 2. The molecule has 0 fully saturated rings. The highest BCUT2D eigenvalue weighted by Crippen LogP contribution is 2.28. The Morgan fingerprint density at radius 2 is 2.00 bits per heavy atom. The molecule has 0 spiro atoms. The van der Waals surface area contributed by atoms with E-state index in [-0.39, 0.29) is 6.04 Å². The van der Waals surface area contributed by atoms with Crippen LogP contribution in [-0.4, -0.2) is 7.11 Å². The summed E-state index contributed by atoms with van der Waals surface area (Å²) in [5, 5.41) is 0. The zero-order valence-corrected chi connectivity index (χ0v) is 14.2. The monoisotopic (exact) mass is 398 g/mol. The SMILES string of the molecule is COc1ccc(CC(NN)c2cccc(Br)c2)cc1Br. The average molecular weight is 400 g/mol. The lowest BCUT2D eigenvalue weighted by atomic mass is 9.99. The molecule has 1 atom stereocenters. The van der Waals surface area contributed by atoms with E-state index in [9.17, 15) is 0 Å². The van der Waals surface area contributed by atoms with Crippen LogP contribution in [0.3, 0.4) is 0 Å². The van der Waals surface area contributed by atoms with Gasteiger partial charge in [-0.3, -0.25) is 11.3 Å². The van der Waals surface area contributed by atoms with Gasteiger partial charge in [-0.25, -0.2) is 0 Å². The molecule has 0 saturated carbocycles. The molecule has 0 heterocycles. The summed E-state index contributed by atoms with van der Waals surface area (Å²) in [5.74, 6) is 6.52. The minimum absolute atomic E-state index is 0.0628. The highest BCUT2D eigenvalue weighted by Gasteiger charge is 2.12. The zero-order chi connectivity index (χ0) is 14.5. The van der Waals surface area contributed by atoms with Crippen LogP contribution in [0.5, 0.6) is 5.75 Å². The fourth-order valence-electron chi connectivity index (χ4n) is 2.07. The van der Waals surface area contributed by atoms with E-state index >= 15 is 0 Å². The molecule has 0 aliphatic heterocycles. The fraction of sp³-hybridized carbons (Fsp3) is 0.200. The average Bonchev–Trinajstić information content (AvgIpc) is 2.45. The third-order valence-electron chi connectivity index (χ3n) is 3.11. The molecule has 3 N–H and O–H groups in total. The van der Waals surface area contributed by atoms with Crippen molar-refractivity contribution in [2.24, 2.45) is 5.84 Å². The first-order chi connectivity index (χ1) is 9.63. The van der Waals surface area contributed by atoms with Crippen LogP contribution >= 0.6 is 31.9 Å². The van der Waals surface area contributed by atoms with Gasteiger partial charge in [-0.1, -0.05) is 34.1 Å². The Labute approximate surface area is 135 Å². The Balaban J connectivity index is 2.20. The Morgan fingerprint density at radius 3 is 2.60 bits per heavy atom. The molecule has 0 aromatic heterocycles. The van der Waals surface area contributed by atoms with Gasteiger partial charge < -0.3 is 4.74 Å². The van der Waals surface area contributed by atoms with Crippen LogP contribution < -0.4 is 16.0 Å². The van der Waals surface area contributed by atoms with E-state index in [1.807, 2.05) is 24.3 Å². The summed E-state index contributed by atoms with van der Waals surface area (Å²) >= 11 is 6.99. The van der Waals surface area contributed by atoms with Crippen LogP contribution in [0.2, 0.25) is 0 Å². The number of halogens is 2. The topological polar surface area (TPSA) is 47.3 Å². The van der Waals surface area contributed by atoms with Gasteiger partial charge in [0.25, 0.3) is 0 Å². The van der Waals surface area contributed by atoms with Gasteiger partial charge in [0.15, 0.2) is 0 Å². The first kappa shape index (κ1) is 15.5. The lowest BCUT2D eigenvalue weighted by Crippen LogP contribution is -2.29. The molecule has 0 aliphatic carbocycles. The zero-order valence-electron chi connectivity index (χ0n) is 11.1. The maximum atomic E-state index is 5.70. The van der Waals surface area contributed by atoms with Crippen LogP contribution in [-0.2, 0) is 6.42 Å². The van der Waals surface area contributed by atoms with E-state index in [4.69, 9.17) is 10.6 Å². The number of nitrogens with one attached hydrogen (secondary N) is 1. The normalized spacial score (nSPS) is 12.2. The number of hydrazine groups is 1. The number of rotatable bonds is 5. The Morgan fingerprint density at radius 1 is 1.20 bits per heavy atom. The molecular weight excluding hydrogens is 384 g/mol. The number of nitrogens with two attached hydrogens (primary N) is 1. The van der Waals surface area contributed by atoms with Gasteiger partial charge in [0.05, 0.1) is 17.6 Å². The van der Waals surface area contributed by atoms with Crippen LogP contribution in [0.15, 0.2) is 51.4 Å². The molecule has 3 nitrogen and oxygen atoms in total. The fourth-order valence-corrected chi connectivity index (χ4v) is 3.07. The summed E-state index contributed by atoms with van der Waals surface area (Å²) in [6.45, 7) is 0. The van der Waals surface area contributed by atoms with Crippen molar-refractivity contribution in [1.82, 2.24) is 5.43 Å². The summed E-state index contributed by atoms with van der Waals surface area (Å²) in [7, 11) is 1.66. The highest BCUT2D eigenvalue weighted by atomic mass is 79.9. The van der Waals surface area contributed by atoms with Crippen LogP contribution in [0.1, 0.15) is 17.2 Å². The number of ether oxygens (including phenoxy) is 1. The largest absolute Gasteiger partial charge is 0.496 e. The molecule has 5 heteroatoms. The van der Waals surface area contributed by atoms with Crippen molar-refractivity contribution in [2.45, 2.75) is 12.5 Å². The molecule has 0 amide bonds. The lowest BCUT2D eigenvalue weighted by molar-refractivity contribution is 0.412. The molecule has 1 unspecified atom stereocenters. The smallest absolute Gasteiger partial charge is 0.133 e. The van der Waals surface area contributed by atoms with Crippen molar-refractivity contribution in [1.29, 1.82) is 0 Å². The van der Waals surface area contributed by atoms with Gasteiger partial charge >= 0.3 is 0 Å². The van der Waals surface area contributed by atoms with Gasteiger partial charge in [-0.2, -0.15) is 0 Å². The molecule has 0 aliphatic rings. The van der Waals surface area contributed by atoms with Crippen LogP contribution in [0, 0.1) is 0 Å². The second-order valence-electron chi connectivity index (χ2n) is 4.45. The quantitative estimate of drug-likeness (QED) is 0.590. The predicted molar refractivity (Wildman–Crippen MR) is 88.6 cm³/mol. The van der Waals surface area contributed by atoms with E-state index in [1.165, 1.54) is 5.56 Å². The van der Waals surface area contributed by atoms with Crippen molar-refractivity contribution < 1.29 is 4.74 Å². The third-order valence-corrected chi connectivity index (χ3v) is 4.22. The van der Waals surface area contributed by atoms with Gasteiger partial charge in [0, 0.05) is 4.47 Å². The van der Waals surface area contributed by atoms with E-state index in [1.54, 1.807) is 7.11 Å². The minimum atomic E-state index is 0.0628. The van der Waals surface area contributed by atoms with Gasteiger partial charge in [0.2, 0.25) is 0 Å². The van der Waals surface area contributed by atoms with E-state index < -0.39 is 0 Å². The van der Waals surface area contributed by atoms with E-state index in [2.05, 4.69) is 55.5 Å². The number of benzene rings is 2. The second kappa shape index (κ2) is 7.22. The highest BCUT2D eigenvalue weighted by molar-refractivity contribution is 9.10. The van der Waals surface area contributed by atoms with Gasteiger partial charge in [0.1, 0.15) is 5.75 Å². The van der Waals surface area contributed by atoms with E-state index in [0.29, 0.717) is 0 Å². The maximum Gasteiger partial charge on any atom is 0.133 e. The molecule has 106 valence electrons. The standard InChI is InChI=1S/C15H16Br2N2O/c1-20-15-6-5-10(7-13(15)17)8-14(19-18)11-3-2-4-12(16)9-11/h2-7,9,14,19H,8,18H2,1H3. The first-order valence-electron chi connectivity index (χ1n) is 6.18. The number of hydrogen-bond acceptors (Lipinski definition) is 3. The molecule has 2 rings (SSSR count). The molecule has 0 saturated heterocycles. The van der Waals surface area contributed by atoms with Crippen molar-refractivity contribution in [3.63, 3.8) is 0 Å². The Hall–Kier alpha value is -0.880. The van der Waals surface area contributed by atoms with Crippen molar-refractivity contribution in [2.75, 3.05) is 7.11 Å². The predicted octanol–water partition coefficient (Wildman–Crippen LogP) is 3.97. The molecule has 0 radical (unpaired) electrons. The first-order valence-corrected chi connectivity index (χ1v) is 7.76. The third kappa shape index (κ3) is 3.82. The molecular formula is C15H16Br2N2O. The maximum absolute atomic E-state index is 5.70. The molecule has 0 bridgehead atoms. The summed E-state index contributed by atoms with van der Waals surface area (Å²) in [5.41, 5.74) is 5.20. The van der Waals surface area contributed by atoms with Crippen molar-refractivity contribution in [3.8, 4) is 5.75 Å². The molecule has 2 aromatic carbocycles. The Bertz CT molecular complexity index is 590. The number of methoxy groups -OCH3 is 1.